The van der Waals surface area contributed by atoms with Gasteiger partial charge in [0.25, 0.3) is 0 Å². The maximum atomic E-state index is 11.8. The number of hydrogen-bond donors (Lipinski definition) is 3. The van der Waals surface area contributed by atoms with Gasteiger partial charge in [0.1, 0.15) is 5.82 Å². The Balaban J connectivity index is 1.56. The molecule has 7 nitrogen and oxygen atoms in total. The molecule has 5 aromatic rings. The summed E-state index contributed by atoms with van der Waals surface area (Å²) < 4.78 is 2.06. The molecular weight excluding hydrogens is 466 g/mol. The molecule has 5 rings (SSSR count). The predicted molar refractivity (Wildman–Crippen MR) is 143 cm³/mol. The molecule has 0 atom stereocenters. The maximum absolute atomic E-state index is 11.8. The molecule has 0 spiro atoms. The van der Waals surface area contributed by atoms with Crippen LogP contribution in [-0.2, 0) is 37.0 Å². The predicted octanol–water partition coefficient (Wildman–Crippen LogP) is 5.57. The van der Waals surface area contributed by atoms with Crippen molar-refractivity contribution in [2.75, 3.05) is 0 Å². The molecule has 0 saturated heterocycles. The van der Waals surface area contributed by atoms with E-state index in [1.54, 1.807) is 18.2 Å². The number of carboxylic acids is 2. The van der Waals surface area contributed by atoms with Crippen LogP contribution in [0.3, 0.4) is 0 Å². The van der Waals surface area contributed by atoms with Crippen molar-refractivity contribution in [3.05, 3.63) is 101 Å². The van der Waals surface area contributed by atoms with E-state index in [0.29, 0.717) is 19.4 Å². The number of benzene rings is 3. The van der Waals surface area contributed by atoms with Crippen molar-refractivity contribution in [3.8, 4) is 0 Å². The second-order valence-electron chi connectivity index (χ2n) is 9.44. The van der Waals surface area contributed by atoms with Crippen LogP contribution < -0.4 is 0 Å². The summed E-state index contributed by atoms with van der Waals surface area (Å²) in [5.74, 6) is -0.978. The van der Waals surface area contributed by atoms with Crippen LogP contribution in [0.5, 0.6) is 0 Å². The van der Waals surface area contributed by atoms with Crippen LogP contribution in [0.2, 0.25) is 0 Å². The minimum Gasteiger partial charge on any atom is -0.481 e. The number of hydrogen-bond acceptors (Lipinski definition) is 3. The Morgan fingerprint density at radius 3 is 2.43 bits per heavy atom. The summed E-state index contributed by atoms with van der Waals surface area (Å²) in [6.45, 7) is 2.38. The lowest BCUT2D eigenvalue weighted by Crippen LogP contribution is -2.10. The Kier molecular flexibility index (Phi) is 6.77. The van der Waals surface area contributed by atoms with Gasteiger partial charge in [-0.15, -0.1) is 0 Å². The molecule has 0 aliphatic carbocycles. The molecule has 2 aromatic heterocycles. The molecule has 37 heavy (non-hydrogen) atoms. The fraction of sp³-hybridized carbons (Fsp3) is 0.233. The number of nitrogens with one attached hydrogen (secondary N) is 1. The number of aliphatic carboxylic acids is 1. The smallest absolute Gasteiger partial charge is 0.335 e. The number of H-pyrrole nitrogens is 1. The average Bonchev–Trinajstić information content (AvgIpc) is 3.43. The Morgan fingerprint density at radius 1 is 0.919 bits per heavy atom. The van der Waals surface area contributed by atoms with Gasteiger partial charge >= 0.3 is 11.9 Å². The molecule has 0 bridgehead atoms. The molecule has 3 N–H and O–H groups in total. The minimum atomic E-state index is -0.978. The monoisotopic (exact) mass is 495 g/mol. The first-order valence-corrected chi connectivity index (χ1v) is 12.5. The second-order valence-corrected chi connectivity index (χ2v) is 9.44. The molecule has 2 heterocycles. The molecule has 188 valence electrons. The summed E-state index contributed by atoms with van der Waals surface area (Å²) in [7, 11) is 0. The van der Waals surface area contributed by atoms with E-state index >= 15 is 0 Å². The molecule has 0 amide bonds. The highest BCUT2D eigenvalue weighted by atomic mass is 16.4. The molecule has 0 saturated carbocycles. The Bertz CT molecular complexity index is 1560. The van der Waals surface area contributed by atoms with Crippen LogP contribution in [0.4, 0.5) is 0 Å². The summed E-state index contributed by atoms with van der Waals surface area (Å²) in [5, 5.41) is 19.9. The Morgan fingerprint density at radius 2 is 1.70 bits per heavy atom. The lowest BCUT2D eigenvalue weighted by atomic mass is 9.98. The summed E-state index contributed by atoms with van der Waals surface area (Å²) in [5.41, 5.74) is 7.49. The fourth-order valence-electron chi connectivity index (χ4n) is 5.02. The van der Waals surface area contributed by atoms with Crippen LogP contribution >= 0.6 is 0 Å². The number of aryl methyl sites for hydroxylation is 5. The van der Waals surface area contributed by atoms with Crippen LogP contribution in [0.25, 0.3) is 21.9 Å². The third-order valence-corrected chi connectivity index (χ3v) is 6.90. The topological polar surface area (TPSA) is 108 Å². The summed E-state index contributed by atoms with van der Waals surface area (Å²) in [4.78, 5) is 31.4. The number of rotatable bonds is 10. The Hall–Kier alpha value is -4.39. The summed E-state index contributed by atoms with van der Waals surface area (Å²) >= 11 is 0. The van der Waals surface area contributed by atoms with Gasteiger partial charge in [-0.1, -0.05) is 42.0 Å². The highest BCUT2D eigenvalue weighted by Gasteiger charge is 2.20. The van der Waals surface area contributed by atoms with Gasteiger partial charge in [-0.05, 0) is 67.6 Å². The maximum Gasteiger partial charge on any atom is 0.335 e. The van der Waals surface area contributed by atoms with Gasteiger partial charge in [0, 0.05) is 29.6 Å². The van der Waals surface area contributed by atoms with Crippen molar-refractivity contribution < 1.29 is 19.8 Å². The van der Waals surface area contributed by atoms with Gasteiger partial charge in [-0.3, -0.25) is 4.79 Å². The zero-order valence-electron chi connectivity index (χ0n) is 20.7. The van der Waals surface area contributed by atoms with E-state index < -0.39 is 11.9 Å². The van der Waals surface area contributed by atoms with E-state index in [4.69, 9.17) is 4.98 Å². The van der Waals surface area contributed by atoms with Crippen LogP contribution in [0, 0.1) is 6.92 Å². The number of carbonyl (C=O) groups is 2. The molecule has 0 radical (unpaired) electrons. The quantitative estimate of drug-likeness (QED) is 0.235. The number of fused-ring (bicyclic) bond motifs is 2. The molecule has 0 aliphatic rings. The summed E-state index contributed by atoms with van der Waals surface area (Å²) in [6.07, 6.45) is 2.81. The lowest BCUT2D eigenvalue weighted by Gasteiger charge is -2.12. The number of carboxylic acid groups (broad SMARTS) is 2. The number of imidazole rings is 1. The third kappa shape index (κ3) is 5.26. The molecule has 0 aliphatic heterocycles. The first kappa shape index (κ1) is 24.3. The fourth-order valence-corrected chi connectivity index (χ4v) is 5.02. The molecule has 3 aromatic carbocycles. The number of aromatic carboxylic acids is 1. The van der Waals surface area contributed by atoms with Crippen molar-refractivity contribution in [2.45, 2.75) is 45.6 Å². The first-order valence-electron chi connectivity index (χ1n) is 12.5. The number of nitrogens with zero attached hydrogens (tertiary/aromatic N) is 2. The van der Waals surface area contributed by atoms with Crippen molar-refractivity contribution in [3.63, 3.8) is 0 Å². The number of aromatic nitrogens is 3. The van der Waals surface area contributed by atoms with Crippen LogP contribution in [0.15, 0.2) is 66.7 Å². The number of para-hydroxylation sites is 2. The van der Waals surface area contributed by atoms with Crippen LogP contribution in [-0.4, -0.2) is 36.7 Å². The highest BCUT2D eigenvalue weighted by molar-refractivity contribution is 5.95. The van der Waals surface area contributed by atoms with Crippen molar-refractivity contribution >= 4 is 33.9 Å². The first-order chi connectivity index (χ1) is 17.9. The largest absolute Gasteiger partial charge is 0.481 e. The van der Waals surface area contributed by atoms with Gasteiger partial charge < -0.3 is 19.8 Å². The van der Waals surface area contributed by atoms with E-state index in [0.717, 1.165) is 51.9 Å². The average molecular weight is 496 g/mol. The van der Waals surface area contributed by atoms with E-state index in [-0.39, 0.29) is 12.0 Å². The second kappa shape index (κ2) is 10.3. The zero-order valence-corrected chi connectivity index (χ0v) is 20.7. The minimum absolute atomic E-state index is 0.0144. The van der Waals surface area contributed by atoms with E-state index in [9.17, 15) is 19.8 Å². The van der Waals surface area contributed by atoms with Gasteiger partial charge in [0.05, 0.1) is 23.0 Å². The van der Waals surface area contributed by atoms with Crippen LogP contribution in [0.1, 0.15) is 45.0 Å². The Labute approximate surface area is 214 Å². The van der Waals surface area contributed by atoms with Gasteiger partial charge in [0.15, 0.2) is 0 Å². The molecule has 0 unspecified atom stereocenters. The van der Waals surface area contributed by atoms with E-state index in [1.165, 1.54) is 11.1 Å². The lowest BCUT2D eigenvalue weighted by molar-refractivity contribution is -0.137. The summed E-state index contributed by atoms with van der Waals surface area (Å²) in [6, 6.07) is 21.4. The van der Waals surface area contributed by atoms with E-state index in [2.05, 4.69) is 40.7 Å². The molecule has 0 fully saturated rings. The SMILES string of the molecule is Cc1ccc(CCc2c(CCc3nc4ccccc4[nH]3)n(CCC(=O)O)c3ccc(C(=O)O)cc23)cc1. The highest BCUT2D eigenvalue weighted by Crippen LogP contribution is 2.30. The van der Waals surface area contributed by atoms with Crippen molar-refractivity contribution in [1.82, 2.24) is 14.5 Å². The van der Waals surface area contributed by atoms with Gasteiger partial charge in [0.2, 0.25) is 0 Å². The zero-order chi connectivity index (χ0) is 25.9. The molecule has 7 heteroatoms. The van der Waals surface area contributed by atoms with Crippen molar-refractivity contribution in [1.29, 1.82) is 0 Å². The molecular formula is C30H29N3O4. The number of aromatic amines is 1. The van der Waals surface area contributed by atoms with Gasteiger partial charge in [-0.25, -0.2) is 9.78 Å². The normalized spacial score (nSPS) is 11.4. The standard InChI is InChI=1S/C30H29N3O4/c1-19-6-8-20(9-7-19)10-12-22-23-18-21(30(36)37)11-13-27(23)33(17-16-29(34)35)26(22)14-15-28-31-24-4-2-3-5-25(24)32-28/h2-9,11,13,18H,10,12,14-17H2,1H3,(H,31,32)(H,34,35)(H,36,37). The van der Waals surface area contributed by atoms with Gasteiger partial charge in [-0.2, -0.15) is 0 Å². The van der Waals surface area contributed by atoms with Crippen molar-refractivity contribution in [2.24, 2.45) is 0 Å². The third-order valence-electron chi connectivity index (χ3n) is 6.90. The van der Waals surface area contributed by atoms with E-state index in [1.807, 2.05) is 24.3 Å².